The summed E-state index contributed by atoms with van der Waals surface area (Å²) in [5.41, 5.74) is 3.04. The van der Waals surface area contributed by atoms with Crippen LogP contribution in [0.5, 0.6) is 0 Å². The Kier molecular flexibility index (Phi) is 5.65. The quantitative estimate of drug-likeness (QED) is 0.828. The lowest BCUT2D eigenvalue weighted by molar-refractivity contribution is -0.132. The SMILES string of the molecule is CSCCC(=O)N(C)C1CCCN(C2Cc3ccccc3C2)C1. The van der Waals surface area contributed by atoms with Crippen molar-refractivity contribution >= 4 is 17.7 Å². The number of hydrogen-bond acceptors (Lipinski definition) is 3. The van der Waals surface area contributed by atoms with Crippen LogP contribution in [-0.2, 0) is 17.6 Å². The average molecular weight is 333 g/mol. The molecule has 126 valence electrons. The molecule has 0 bridgehead atoms. The fourth-order valence-corrected chi connectivity index (χ4v) is 4.37. The Labute approximate surface area is 144 Å². The summed E-state index contributed by atoms with van der Waals surface area (Å²) in [6.45, 7) is 2.22. The first kappa shape index (κ1) is 16.8. The molecule has 1 saturated heterocycles. The fraction of sp³-hybridized carbons (Fsp3) is 0.632. The van der Waals surface area contributed by atoms with Crippen LogP contribution in [0.25, 0.3) is 0 Å². The Balaban J connectivity index is 1.58. The van der Waals surface area contributed by atoms with Gasteiger partial charge in [0.05, 0.1) is 0 Å². The highest BCUT2D eigenvalue weighted by Crippen LogP contribution is 2.28. The Bertz CT molecular complexity index is 523. The van der Waals surface area contributed by atoms with Gasteiger partial charge in [-0.05, 0) is 49.6 Å². The van der Waals surface area contributed by atoms with Crippen molar-refractivity contribution in [2.45, 2.75) is 44.2 Å². The summed E-state index contributed by atoms with van der Waals surface area (Å²) in [6, 6.07) is 9.87. The van der Waals surface area contributed by atoms with E-state index in [2.05, 4.69) is 35.4 Å². The van der Waals surface area contributed by atoms with Crippen molar-refractivity contribution < 1.29 is 4.79 Å². The van der Waals surface area contributed by atoms with Crippen molar-refractivity contribution in [3.8, 4) is 0 Å². The molecule has 1 aliphatic carbocycles. The lowest BCUT2D eigenvalue weighted by atomic mass is 10.0. The number of amides is 1. The Morgan fingerprint density at radius 2 is 2.00 bits per heavy atom. The van der Waals surface area contributed by atoms with Gasteiger partial charge in [0, 0.05) is 37.8 Å². The van der Waals surface area contributed by atoms with Gasteiger partial charge in [-0.2, -0.15) is 11.8 Å². The predicted octanol–water partition coefficient (Wildman–Crippen LogP) is 2.83. The molecule has 1 heterocycles. The lowest BCUT2D eigenvalue weighted by Crippen LogP contribution is -2.51. The van der Waals surface area contributed by atoms with E-state index >= 15 is 0 Å². The summed E-state index contributed by atoms with van der Waals surface area (Å²) in [4.78, 5) is 17.0. The number of rotatable bonds is 5. The first-order chi connectivity index (χ1) is 11.2. The summed E-state index contributed by atoms with van der Waals surface area (Å²) >= 11 is 1.75. The van der Waals surface area contributed by atoms with Gasteiger partial charge >= 0.3 is 0 Å². The number of carbonyl (C=O) groups excluding carboxylic acids is 1. The zero-order valence-electron chi connectivity index (χ0n) is 14.3. The van der Waals surface area contributed by atoms with Crippen molar-refractivity contribution in [3.05, 3.63) is 35.4 Å². The third-order valence-electron chi connectivity index (χ3n) is 5.43. The molecule has 1 atom stereocenters. The summed E-state index contributed by atoms with van der Waals surface area (Å²) in [5.74, 6) is 1.23. The van der Waals surface area contributed by atoms with Gasteiger partial charge in [-0.15, -0.1) is 0 Å². The van der Waals surface area contributed by atoms with E-state index in [0.717, 1.165) is 18.7 Å². The molecule has 0 spiro atoms. The van der Waals surface area contributed by atoms with Crippen LogP contribution in [0.1, 0.15) is 30.4 Å². The summed E-state index contributed by atoms with van der Waals surface area (Å²) < 4.78 is 0. The molecule has 0 N–H and O–H groups in total. The van der Waals surface area contributed by atoms with E-state index in [-0.39, 0.29) is 0 Å². The molecule has 23 heavy (non-hydrogen) atoms. The highest BCUT2D eigenvalue weighted by atomic mass is 32.2. The number of nitrogens with zero attached hydrogens (tertiary/aromatic N) is 2. The van der Waals surface area contributed by atoms with Crippen molar-refractivity contribution in [1.82, 2.24) is 9.80 Å². The topological polar surface area (TPSA) is 23.6 Å². The molecular formula is C19H28N2OS. The van der Waals surface area contributed by atoms with Gasteiger partial charge in [0.1, 0.15) is 0 Å². The second-order valence-corrected chi connectivity index (χ2v) is 7.85. The number of likely N-dealkylation sites (tertiary alicyclic amines) is 1. The standard InChI is InChI=1S/C19H28N2OS/c1-20(19(22)9-11-23-2)17-8-5-10-21(14-17)18-12-15-6-3-4-7-16(15)13-18/h3-4,6-7,17-18H,5,8-14H2,1-2H3. The molecule has 1 fully saturated rings. The molecular weight excluding hydrogens is 304 g/mol. The van der Waals surface area contributed by atoms with Gasteiger partial charge in [0.25, 0.3) is 0 Å². The van der Waals surface area contributed by atoms with E-state index in [1.165, 1.54) is 36.9 Å². The van der Waals surface area contributed by atoms with Crippen molar-refractivity contribution in [2.75, 3.05) is 32.1 Å². The number of likely N-dealkylation sites (N-methyl/N-ethyl adjacent to an activating group) is 1. The number of hydrogen-bond donors (Lipinski definition) is 0. The molecule has 1 unspecified atom stereocenters. The number of fused-ring (bicyclic) bond motifs is 1. The van der Waals surface area contributed by atoms with E-state index in [1.54, 1.807) is 11.8 Å². The number of piperidine rings is 1. The van der Waals surface area contributed by atoms with E-state index in [9.17, 15) is 4.79 Å². The first-order valence-electron chi connectivity index (χ1n) is 8.74. The van der Waals surface area contributed by atoms with Gasteiger partial charge in [-0.3, -0.25) is 9.69 Å². The van der Waals surface area contributed by atoms with Crippen molar-refractivity contribution in [1.29, 1.82) is 0 Å². The molecule has 1 aromatic rings. The molecule has 0 aromatic heterocycles. The van der Waals surface area contributed by atoms with Gasteiger partial charge in [-0.1, -0.05) is 24.3 Å². The number of benzene rings is 1. The largest absolute Gasteiger partial charge is 0.341 e. The van der Waals surface area contributed by atoms with Crippen molar-refractivity contribution in [3.63, 3.8) is 0 Å². The van der Waals surface area contributed by atoms with E-state index < -0.39 is 0 Å². The first-order valence-corrected chi connectivity index (χ1v) is 10.1. The third-order valence-corrected chi connectivity index (χ3v) is 6.05. The monoisotopic (exact) mass is 332 g/mol. The molecule has 0 radical (unpaired) electrons. The third kappa shape index (κ3) is 3.92. The molecule has 1 aromatic carbocycles. The predicted molar refractivity (Wildman–Crippen MR) is 98.0 cm³/mol. The maximum atomic E-state index is 12.3. The number of thioether (sulfide) groups is 1. The maximum Gasteiger partial charge on any atom is 0.223 e. The van der Waals surface area contributed by atoms with Crippen LogP contribution in [0.3, 0.4) is 0 Å². The zero-order valence-corrected chi connectivity index (χ0v) is 15.1. The van der Waals surface area contributed by atoms with Gasteiger partial charge in [0.15, 0.2) is 0 Å². The lowest BCUT2D eigenvalue weighted by Gasteiger charge is -2.40. The number of carbonyl (C=O) groups is 1. The van der Waals surface area contributed by atoms with Gasteiger partial charge in [0.2, 0.25) is 5.91 Å². The summed E-state index contributed by atoms with van der Waals surface area (Å²) in [5, 5.41) is 0. The average Bonchev–Trinajstić information content (AvgIpc) is 3.03. The van der Waals surface area contributed by atoms with Crippen LogP contribution in [0.15, 0.2) is 24.3 Å². The second kappa shape index (κ2) is 7.71. The Morgan fingerprint density at radius 3 is 2.65 bits per heavy atom. The van der Waals surface area contributed by atoms with E-state index in [4.69, 9.17) is 0 Å². The van der Waals surface area contributed by atoms with Crippen LogP contribution < -0.4 is 0 Å². The summed E-state index contributed by atoms with van der Waals surface area (Å²) in [7, 11) is 2.00. The van der Waals surface area contributed by atoms with Crippen LogP contribution in [-0.4, -0.2) is 59.9 Å². The molecule has 3 rings (SSSR count). The Morgan fingerprint density at radius 1 is 1.30 bits per heavy atom. The molecule has 4 heteroatoms. The normalized spacial score (nSPS) is 22.1. The van der Waals surface area contributed by atoms with Crippen LogP contribution >= 0.6 is 11.8 Å². The highest BCUT2D eigenvalue weighted by Gasteiger charge is 2.32. The van der Waals surface area contributed by atoms with Gasteiger partial charge < -0.3 is 4.90 Å². The molecule has 1 aliphatic heterocycles. The van der Waals surface area contributed by atoms with E-state index in [0.29, 0.717) is 24.4 Å². The molecule has 3 nitrogen and oxygen atoms in total. The molecule has 2 aliphatic rings. The van der Waals surface area contributed by atoms with Crippen LogP contribution in [0, 0.1) is 0 Å². The second-order valence-electron chi connectivity index (χ2n) is 6.87. The minimum atomic E-state index is 0.306. The molecule has 0 saturated carbocycles. The van der Waals surface area contributed by atoms with Crippen LogP contribution in [0.4, 0.5) is 0 Å². The fourth-order valence-electron chi connectivity index (χ4n) is 3.99. The Hall–Kier alpha value is -1.00. The highest BCUT2D eigenvalue weighted by molar-refractivity contribution is 7.98. The van der Waals surface area contributed by atoms with Gasteiger partial charge in [-0.25, -0.2) is 0 Å². The smallest absolute Gasteiger partial charge is 0.223 e. The van der Waals surface area contributed by atoms with Crippen molar-refractivity contribution in [2.24, 2.45) is 0 Å². The van der Waals surface area contributed by atoms with E-state index in [1.807, 2.05) is 11.9 Å². The maximum absolute atomic E-state index is 12.3. The minimum Gasteiger partial charge on any atom is -0.341 e. The zero-order chi connectivity index (χ0) is 16.2. The summed E-state index contributed by atoms with van der Waals surface area (Å²) in [6.07, 6.45) is 7.44. The minimum absolute atomic E-state index is 0.306. The molecule has 1 amide bonds. The van der Waals surface area contributed by atoms with Crippen LogP contribution in [0.2, 0.25) is 0 Å².